The molecule has 0 fully saturated rings. The second kappa shape index (κ2) is 12.3. The topological polar surface area (TPSA) is 44.2 Å². The van der Waals surface area contributed by atoms with Gasteiger partial charge in [0.15, 0.2) is 6.17 Å². The highest BCUT2D eigenvalue weighted by Crippen LogP contribution is 2.56. The van der Waals surface area contributed by atoms with Gasteiger partial charge in [0, 0.05) is 28.3 Å². The Bertz CT molecular complexity index is 2360. The van der Waals surface area contributed by atoms with Crippen LogP contribution in [0.25, 0.3) is 16.7 Å². The maximum Gasteiger partial charge on any atom is 0.230 e. The molecule has 3 aliphatic carbocycles. The average Bonchev–Trinajstić information content (AvgIpc) is 3.65. The molecule has 0 amide bonds. The molecule has 52 heavy (non-hydrogen) atoms. The highest BCUT2D eigenvalue weighted by Gasteiger charge is 2.43. The lowest BCUT2D eigenvalue weighted by atomic mass is 9.81. The second-order valence-corrected chi connectivity index (χ2v) is 15.3. The van der Waals surface area contributed by atoms with Crippen molar-refractivity contribution in [2.45, 2.75) is 56.4 Å². The normalized spacial score (nSPS) is 23.6. The van der Waals surface area contributed by atoms with E-state index in [4.69, 9.17) is 4.99 Å². The number of anilines is 2. The summed E-state index contributed by atoms with van der Waals surface area (Å²) in [6.45, 7) is 4.76. The van der Waals surface area contributed by atoms with Crippen molar-refractivity contribution in [2.24, 2.45) is 4.99 Å². The predicted molar refractivity (Wildman–Crippen MR) is 214 cm³/mol. The van der Waals surface area contributed by atoms with Gasteiger partial charge in [-0.25, -0.2) is 10.3 Å². The average molecular weight is 676 g/mol. The molecule has 0 aromatic heterocycles. The molecule has 5 aromatic rings. The van der Waals surface area contributed by atoms with Crippen LogP contribution in [0.5, 0.6) is 0 Å². The van der Waals surface area contributed by atoms with Gasteiger partial charge in [-0.05, 0) is 93.8 Å². The third kappa shape index (κ3) is 5.09. The number of aliphatic imine (C=N–C) groups is 1. The van der Waals surface area contributed by atoms with Crippen molar-refractivity contribution in [1.29, 1.82) is 0 Å². The summed E-state index contributed by atoms with van der Waals surface area (Å²) in [4.78, 5) is 7.97. The first-order valence-corrected chi connectivity index (χ1v) is 18.8. The number of fused-ring (bicyclic) bond motifs is 6. The van der Waals surface area contributed by atoms with Gasteiger partial charge >= 0.3 is 0 Å². The van der Waals surface area contributed by atoms with Gasteiger partial charge in [-0.15, -0.1) is 0 Å². The lowest BCUT2D eigenvalue weighted by molar-refractivity contribution is -0.583. The van der Waals surface area contributed by atoms with Crippen LogP contribution in [0.15, 0.2) is 168 Å². The molecule has 4 unspecified atom stereocenters. The SMILES string of the molecule is CC1(C)c2ccccc2-c2cc3c(cc21)N(c1cccc(C2N=C(c4ccccc4)[NH2+]C(C4=CC=CCC4)N2)c1)C1C=C(c2ccccc2)C=CC31. The highest BCUT2D eigenvalue weighted by molar-refractivity contribution is 5.92. The quantitative estimate of drug-likeness (QED) is 0.195. The van der Waals surface area contributed by atoms with Crippen LogP contribution in [-0.2, 0) is 5.41 Å². The number of amidine groups is 1. The van der Waals surface area contributed by atoms with Crippen LogP contribution in [-0.4, -0.2) is 18.0 Å². The molecule has 4 atom stereocenters. The van der Waals surface area contributed by atoms with E-state index in [0.717, 1.165) is 24.2 Å². The van der Waals surface area contributed by atoms with Crippen molar-refractivity contribution in [2.75, 3.05) is 4.90 Å². The minimum absolute atomic E-state index is 0.0772. The molecule has 0 spiro atoms. The zero-order valence-electron chi connectivity index (χ0n) is 29.7. The molecule has 0 saturated heterocycles. The number of hydrogen-bond donors (Lipinski definition) is 2. The van der Waals surface area contributed by atoms with E-state index < -0.39 is 0 Å². The fraction of sp³-hybridized carbons (Fsp3) is 0.188. The number of benzene rings is 5. The number of allylic oxidation sites excluding steroid dienone is 5. The molecule has 3 N–H and O–H groups in total. The Hall–Kier alpha value is -5.55. The number of rotatable bonds is 5. The Morgan fingerprint density at radius 3 is 2.38 bits per heavy atom. The van der Waals surface area contributed by atoms with E-state index in [1.54, 1.807) is 0 Å². The van der Waals surface area contributed by atoms with Crippen molar-refractivity contribution in [3.8, 4) is 11.1 Å². The minimum atomic E-state index is -0.176. The van der Waals surface area contributed by atoms with Gasteiger partial charge in [0.05, 0.1) is 11.6 Å². The molecule has 0 radical (unpaired) electrons. The number of hydrogen-bond acceptors (Lipinski definition) is 3. The van der Waals surface area contributed by atoms with Crippen molar-refractivity contribution >= 4 is 22.8 Å². The summed E-state index contributed by atoms with van der Waals surface area (Å²) < 4.78 is 0. The van der Waals surface area contributed by atoms with E-state index in [-0.39, 0.29) is 29.7 Å². The molecule has 2 heterocycles. The van der Waals surface area contributed by atoms with Gasteiger partial charge in [-0.1, -0.05) is 135 Å². The van der Waals surface area contributed by atoms with Crippen LogP contribution in [0.4, 0.5) is 11.4 Å². The summed E-state index contributed by atoms with van der Waals surface area (Å²) in [6, 6.07) is 44.7. The molecule has 0 saturated carbocycles. The van der Waals surface area contributed by atoms with Crippen molar-refractivity contribution in [1.82, 2.24) is 5.32 Å². The highest BCUT2D eigenvalue weighted by atomic mass is 15.3. The van der Waals surface area contributed by atoms with Crippen LogP contribution in [0, 0.1) is 0 Å². The van der Waals surface area contributed by atoms with Crippen molar-refractivity contribution < 1.29 is 5.32 Å². The maximum absolute atomic E-state index is 5.36. The molecule has 5 aliphatic rings. The summed E-state index contributed by atoms with van der Waals surface area (Å²) in [6.07, 6.45) is 16.1. The predicted octanol–water partition coefficient (Wildman–Crippen LogP) is 9.46. The molecule has 254 valence electrons. The van der Waals surface area contributed by atoms with Crippen LogP contribution in [0.1, 0.15) is 72.2 Å². The Morgan fingerprint density at radius 2 is 1.58 bits per heavy atom. The van der Waals surface area contributed by atoms with E-state index >= 15 is 0 Å². The number of nitrogens with two attached hydrogens (primary N) is 1. The molecule has 4 nitrogen and oxygen atoms in total. The Balaban J connectivity index is 1.10. The Morgan fingerprint density at radius 1 is 0.788 bits per heavy atom. The Labute approximate surface area is 306 Å². The molecule has 0 bridgehead atoms. The fourth-order valence-corrected chi connectivity index (χ4v) is 9.20. The Kier molecular flexibility index (Phi) is 7.38. The standard InChI is InChI=1S/C48H42N4/c1-48(2)41-24-13-12-23-37(41)39-29-40-38-26-25-34(31-15-6-3-7-16-31)28-43(38)52(44(40)30-42(39)48)36-22-14-21-35(27-36)47-50-45(32-17-8-4-9-18-32)49-46(51-47)33-19-10-5-11-20-33/h3-10,12-19,21-30,38,43,46-47,51H,11,20H2,1-2H3,(H,49,50)/p+1. The number of quaternary nitrogens is 1. The minimum Gasteiger partial charge on any atom is -0.333 e. The van der Waals surface area contributed by atoms with E-state index in [2.05, 4.69) is 187 Å². The lowest BCUT2D eigenvalue weighted by Crippen LogP contribution is -2.98. The fourth-order valence-electron chi connectivity index (χ4n) is 9.20. The zero-order chi connectivity index (χ0) is 34.8. The van der Waals surface area contributed by atoms with Gasteiger partial charge < -0.3 is 4.90 Å². The molecule has 2 aliphatic heterocycles. The van der Waals surface area contributed by atoms with E-state index in [1.807, 2.05) is 0 Å². The van der Waals surface area contributed by atoms with Gasteiger partial charge in [-0.3, -0.25) is 5.32 Å². The molecule has 4 heteroatoms. The van der Waals surface area contributed by atoms with Crippen LogP contribution in [0.2, 0.25) is 0 Å². The second-order valence-electron chi connectivity index (χ2n) is 15.3. The summed E-state index contributed by atoms with van der Waals surface area (Å²) in [5.74, 6) is 1.29. The zero-order valence-corrected chi connectivity index (χ0v) is 29.7. The smallest absolute Gasteiger partial charge is 0.230 e. The first-order chi connectivity index (χ1) is 25.5. The van der Waals surface area contributed by atoms with E-state index in [9.17, 15) is 0 Å². The van der Waals surface area contributed by atoms with Gasteiger partial charge in [0.25, 0.3) is 0 Å². The summed E-state index contributed by atoms with van der Waals surface area (Å²) in [5.41, 5.74) is 15.6. The third-order valence-electron chi connectivity index (χ3n) is 11.9. The molecule has 5 aromatic carbocycles. The summed E-state index contributed by atoms with van der Waals surface area (Å²) >= 11 is 0. The summed E-state index contributed by atoms with van der Waals surface area (Å²) in [5, 5.41) is 6.24. The first kappa shape index (κ1) is 31.2. The van der Waals surface area contributed by atoms with Crippen LogP contribution in [0.3, 0.4) is 0 Å². The molecular weight excluding hydrogens is 633 g/mol. The van der Waals surface area contributed by atoms with Crippen LogP contribution < -0.4 is 15.5 Å². The van der Waals surface area contributed by atoms with Crippen molar-refractivity contribution in [3.05, 3.63) is 197 Å². The lowest BCUT2D eigenvalue weighted by Gasteiger charge is -2.32. The monoisotopic (exact) mass is 675 g/mol. The van der Waals surface area contributed by atoms with E-state index in [1.165, 1.54) is 61.5 Å². The van der Waals surface area contributed by atoms with Gasteiger partial charge in [0.1, 0.15) is 6.17 Å². The maximum atomic E-state index is 5.36. The van der Waals surface area contributed by atoms with Gasteiger partial charge in [0.2, 0.25) is 5.84 Å². The largest absolute Gasteiger partial charge is 0.333 e. The summed E-state index contributed by atoms with van der Waals surface area (Å²) in [7, 11) is 0. The third-order valence-corrected chi connectivity index (χ3v) is 11.9. The molecule has 10 rings (SSSR count). The van der Waals surface area contributed by atoms with E-state index in [0.29, 0.717) is 0 Å². The number of nitrogens with one attached hydrogen (secondary N) is 1. The van der Waals surface area contributed by atoms with Crippen molar-refractivity contribution in [3.63, 3.8) is 0 Å². The first-order valence-electron chi connectivity index (χ1n) is 18.8. The van der Waals surface area contributed by atoms with Crippen LogP contribution >= 0.6 is 0 Å². The molecular formula is C48H43N4+. The van der Waals surface area contributed by atoms with Gasteiger partial charge in [-0.2, -0.15) is 0 Å². The number of nitrogens with zero attached hydrogens (tertiary/aromatic N) is 2.